The Morgan fingerprint density at radius 3 is 2.74 bits per heavy atom. The lowest BCUT2D eigenvalue weighted by Gasteiger charge is -2.37. The Labute approximate surface area is 120 Å². The Morgan fingerprint density at radius 1 is 1.32 bits per heavy atom. The van der Waals surface area contributed by atoms with Crippen LogP contribution < -0.4 is 0 Å². The maximum absolute atomic E-state index is 6.11. The molecule has 1 saturated carbocycles. The highest BCUT2D eigenvalue weighted by atomic mass is 35.5. The first-order chi connectivity index (χ1) is 9.06. The molecule has 0 spiro atoms. The summed E-state index contributed by atoms with van der Waals surface area (Å²) in [6.07, 6.45) is 7.37. The third-order valence-corrected chi connectivity index (χ3v) is 4.28. The minimum Gasteiger partial charge on any atom is -0.372 e. The van der Waals surface area contributed by atoms with Crippen LogP contribution in [0.15, 0.2) is 12.4 Å². The fraction of sp³-hybridized carbons (Fsp3) is 0.733. The van der Waals surface area contributed by atoms with Crippen molar-refractivity contribution in [2.24, 2.45) is 17.8 Å². The molecule has 0 bridgehead atoms. The standard InChI is InChI=1S/C15H23ClN2O/c1-10(2)13-5-4-11(3)6-14(13)19-9-12-7-18-15(16)8-17-12/h7-8,10-11,13-14H,4-6,9H2,1-3H3. The van der Waals surface area contributed by atoms with Crippen molar-refractivity contribution >= 4 is 11.6 Å². The Bertz CT molecular complexity index is 394. The zero-order valence-corrected chi connectivity index (χ0v) is 12.7. The highest BCUT2D eigenvalue weighted by molar-refractivity contribution is 6.29. The van der Waals surface area contributed by atoms with Crippen LogP contribution in [-0.4, -0.2) is 16.1 Å². The number of hydrogen-bond donors (Lipinski definition) is 0. The predicted octanol–water partition coefficient (Wildman–Crippen LogP) is 4.11. The molecule has 2 rings (SSSR count). The summed E-state index contributed by atoms with van der Waals surface area (Å²) in [7, 11) is 0. The monoisotopic (exact) mass is 282 g/mol. The first-order valence-electron chi connectivity index (χ1n) is 7.14. The highest BCUT2D eigenvalue weighted by Gasteiger charge is 2.31. The third-order valence-electron chi connectivity index (χ3n) is 4.08. The van der Waals surface area contributed by atoms with Crippen LogP contribution in [0.2, 0.25) is 5.15 Å². The van der Waals surface area contributed by atoms with Crippen LogP contribution in [0.3, 0.4) is 0 Å². The third kappa shape index (κ3) is 4.15. The lowest BCUT2D eigenvalue weighted by molar-refractivity contribution is -0.0484. The van der Waals surface area contributed by atoms with E-state index in [1.54, 1.807) is 12.4 Å². The van der Waals surface area contributed by atoms with E-state index in [1.807, 2.05) is 0 Å². The molecule has 0 aliphatic heterocycles. The number of ether oxygens (including phenoxy) is 1. The Morgan fingerprint density at radius 2 is 2.11 bits per heavy atom. The maximum Gasteiger partial charge on any atom is 0.147 e. The summed E-state index contributed by atoms with van der Waals surface area (Å²) in [5.41, 5.74) is 0.852. The van der Waals surface area contributed by atoms with E-state index in [-0.39, 0.29) is 0 Å². The van der Waals surface area contributed by atoms with Crippen LogP contribution in [0.5, 0.6) is 0 Å². The van der Waals surface area contributed by atoms with E-state index < -0.39 is 0 Å². The van der Waals surface area contributed by atoms with Crippen molar-refractivity contribution in [2.75, 3.05) is 0 Å². The minimum atomic E-state index is 0.348. The van der Waals surface area contributed by atoms with Gasteiger partial charge in [0, 0.05) is 0 Å². The molecule has 1 aromatic rings. The smallest absolute Gasteiger partial charge is 0.147 e. The summed E-state index contributed by atoms with van der Waals surface area (Å²) in [4.78, 5) is 8.27. The van der Waals surface area contributed by atoms with Gasteiger partial charge in [0.2, 0.25) is 0 Å². The molecule has 3 unspecified atom stereocenters. The summed E-state index contributed by atoms with van der Waals surface area (Å²) in [5.74, 6) is 2.10. The Kier molecular flexibility index (Phi) is 5.17. The van der Waals surface area contributed by atoms with Gasteiger partial charge < -0.3 is 4.74 Å². The van der Waals surface area contributed by atoms with Crippen LogP contribution in [-0.2, 0) is 11.3 Å². The minimum absolute atomic E-state index is 0.348. The molecular formula is C15H23ClN2O. The average Bonchev–Trinajstić information content (AvgIpc) is 2.38. The molecule has 106 valence electrons. The van der Waals surface area contributed by atoms with E-state index in [0.717, 1.165) is 18.0 Å². The summed E-state index contributed by atoms with van der Waals surface area (Å²) < 4.78 is 6.11. The molecule has 0 aromatic carbocycles. The molecule has 0 radical (unpaired) electrons. The second-order valence-electron chi connectivity index (χ2n) is 6.01. The second-order valence-corrected chi connectivity index (χ2v) is 6.39. The molecule has 0 N–H and O–H groups in total. The second kappa shape index (κ2) is 6.67. The van der Waals surface area contributed by atoms with Crippen LogP contribution in [0.1, 0.15) is 45.7 Å². The quantitative estimate of drug-likeness (QED) is 0.834. The van der Waals surface area contributed by atoms with E-state index in [9.17, 15) is 0 Å². The van der Waals surface area contributed by atoms with Gasteiger partial charge in [-0.2, -0.15) is 0 Å². The maximum atomic E-state index is 6.11. The zero-order valence-electron chi connectivity index (χ0n) is 12.0. The molecule has 1 heterocycles. The number of aromatic nitrogens is 2. The van der Waals surface area contributed by atoms with Gasteiger partial charge in [0.1, 0.15) is 5.15 Å². The van der Waals surface area contributed by atoms with E-state index in [1.165, 1.54) is 12.8 Å². The number of halogens is 1. The molecule has 4 heteroatoms. The van der Waals surface area contributed by atoms with Gasteiger partial charge in [-0.3, -0.25) is 4.98 Å². The summed E-state index contributed by atoms with van der Waals surface area (Å²) in [6, 6.07) is 0. The van der Waals surface area contributed by atoms with Crippen molar-refractivity contribution in [3.63, 3.8) is 0 Å². The van der Waals surface area contributed by atoms with E-state index in [4.69, 9.17) is 16.3 Å². The molecule has 1 aromatic heterocycles. The van der Waals surface area contributed by atoms with Gasteiger partial charge in [0.15, 0.2) is 0 Å². The highest BCUT2D eigenvalue weighted by Crippen LogP contribution is 2.35. The Hall–Kier alpha value is -0.670. The summed E-state index contributed by atoms with van der Waals surface area (Å²) in [6.45, 7) is 7.43. The van der Waals surface area contributed by atoms with Crippen molar-refractivity contribution in [3.05, 3.63) is 23.2 Å². The fourth-order valence-electron chi connectivity index (χ4n) is 2.91. The molecule has 0 amide bonds. The van der Waals surface area contributed by atoms with E-state index >= 15 is 0 Å². The van der Waals surface area contributed by atoms with Crippen LogP contribution in [0.4, 0.5) is 0 Å². The van der Waals surface area contributed by atoms with Gasteiger partial charge in [0.25, 0.3) is 0 Å². The molecule has 19 heavy (non-hydrogen) atoms. The first-order valence-corrected chi connectivity index (χ1v) is 7.52. The molecule has 0 saturated heterocycles. The van der Waals surface area contributed by atoms with Crippen molar-refractivity contribution in [2.45, 2.75) is 52.7 Å². The summed E-state index contributed by atoms with van der Waals surface area (Å²) >= 11 is 5.73. The first kappa shape index (κ1) is 14.7. The molecule has 3 nitrogen and oxygen atoms in total. The predicted molar refractivity (Wildman–Crippen MR) is 77.0 cm³/mol. The molecule has 1 aliphatic carbocycles. The van der Waals surface area contributed by atoms with Gasteiger partial charge >= 0.3 is 0 Å². The van der Waals surface area contributed by atoms with Crippen molar-refractivity contribution in [3.8, 4) is 0 Å². The van der Waals surface area contributed by atoms with Gasteiger partial charge in [0.05, 0.1) is 30.8 Å². The topological polar surface area (TPSA) is 35.0 Å². The van der Waals surface area contributed by atoms with Crippen molar-refractivity contribution < 1.29 is 4.74 Å². The van der Waals surface area contributed by atoms with E-state index in [0.29, 0.717) is 29.7 Å². The van der Waals surface area contributed by atoms with Crippen LogP contribution >= 0.6 is 11.6 Å². The average molecular weight is 283 g/mol. The van der Waals surface area contributed by atoms with Crippen molar-refractivity contribution in [1.82, 2.24) is 9.97 Å². The Balaban J connectivity index is 1.93. The molecule has 3 atom stereocenters. The van der Waals surface area contributed by atoms with Crippen LogP contribution in [0, 0.1) is 17.8 Å². The molecule has 1 aliphatic rings. The lowest BCUT2D eigenvalue weighted by atomic mass is 9.75. The van der Waals surface area contributed by atoms with Gasteiger partial charge in [-0.25, -0.2) is 4.98 Å². The SMILES string of the molecule is CC1CCC(C(C)C)C(OCc2cnc(Cl)cn2)C1. The largest absolute Gasteiger partial charge is 0.372 e. The van der Waals surface area contributed by atoms with E-state index in [2.05, 4.69) is 30.7 Å². The van der Waals surface area contributed by atoms with Gasteiger partial charge in [-0.15, -0.1) is 0 Å². The fourth-order valence-corrected chi connectivity index (χ4v) is 3.01. The van der Waals surface area contributed by atoms with Gasteiger partial charge in [-0.1, -0.05) is 38.8 Å². The zero-order chi connectivity index (χ0) is 13.8. The lowest BCUT2D eigenvalue weighted by Crippen LogP contribution is -2.34. The van der Waals surface area contributed by atoms with Gasteiger partial charge in [-0.05, 0) is 30.6 Å². The van der Waals surface area contributed by atoms with Crippen LogP contribution in [0.25, 0.3) is 0 Å². The number of hydrogen-bond acceptors (Lipinski definition) is 3. The normalized spacial score (nSPS) is 27.7. The van der Waals surface area contributed by atoms with Crippen molar-refractivity contribution in [1.29, 1.82) is 0 Å². The number of rotatable bonds is 4. The summed E-state index contributed by atoms with van der Waals surface area (Å²) in [5, 5.41) is 0.426. The molecular weight excluding hydrogens is 260 g/mol. The molecule has 1 fully saturated rings. The number of nitrogens with zero attached hydrogens (tertiary/aromatic N) is 2.